The van der Waals surface area contributed by atoms with Crippen LogP contribution in [0, 0.1) is 0 Å². The lowest BCUT2D eigenvalue weighted by molar-refractivity contribution is -0.0511. The average molecular weight is 533 g/mol. The van der Waals surface area contributed by atoms with Gasteiger partial charge in [-0.2, -0.15) is 0 Å². The number of imidazole rings is 2. The number of aliphatic hydroxyl groups is 5. The Morgan fingerprint density at radius 3 is 1.55 bits per heavy atom. The van der Waals surface area contributed by atoms with Gasteiger partial charge < -0.3 is 46.5 Å². The van der Waals surface area contributed by atoms with Crippen LogP contribution in [0.5, 0.6) is 0 Å². The molecular weight excluding hydrogens is 504 g/mol. The third-order valence-corrected chi connectivity index (χ3v) is 6.58. The molecule has 0 unspecified atom stereocenters. The Labute approximate surface area is 214 Å². The molecule has 17 nitrogen and oxygen atoms in total. The van der Waals surface area contributed by atoms with E-state index in [0.717, 1.165) is 0 Å². The van der Waals surface area contributed by atoms with Crippen LogP contribution in [0.4, 0.5) is 11.6 Å². The predicted octanol–water partition coefficient (Wildman–Crippen LogP) is -2.54. The molecule has 2 aliphatic heterocycles. The quantitative estimate of drug-likeness (QED) is 0.143. The van der Waals surface area contributed by atoms with Crippen LogP contribution in [0.15, 0.2) is 25.3 Å². The third kappa shape index (κ3) is 4.29. The molecule has 2 fully saturated rings. The number of nitrogens with two attached hydrogens (primary N) is 2. The van der Waals surface area contributed by atoms with Crippen molar-refractivity contribution in [3.05, 3.63) is 25.3 Å². The monoisotopic (exact) mass is 532 g/mol. The van der Waals surface area contributed by atoms with Crippen LogP contribution in [0.25, 0.3) is 22.3 Å². The van der Waals surface area contributed by atoms with Crippen LogP contribution < -0.4 is 11.5 Å². The summed E-state index contributed by atoms with van der Waals surface area (Å²) >= 11 is 0. The van der Waals surface area contributed by atoms with E-state index < -0.39 is 55.7 Å². The molecule has 0 aliphatic carbocycles. The maximum Gasteiger partial charge on any atom is 0.167 e. The number of rotatable bonds is 4. The molecule has 204 valence electrons. The highest BCUT2D eigenvalue weighted by molar-refractivity contribution is 5.81. The standard InChI is InChI=1S/C11H15N5O3.C10H13N5O4/c1-2-5-7(17)8(18)11(19-5)16-4-15-6-9(12)13-3-14-10(6)16;11-8-5-9(13-2-12-8)15(3-14-5)10-7(18)6(17)4(1-16)19-10/h3-5,7-8,11,17-18H,2H2,1H3,(H2,12,13,14);2-4,6-7,10,16-18H,1H2,(H2,11,12,13)/t5-,7-,8-,11-;4-,6-,7-,10-/m11/s1. The molecule has 0 saturated carbocycles. The van der Waals surface area contributed by atoms with Crippen molar-refractivity contribution in [2.45, 2.75) is 62.4 Å². The molecule has 0 spiro atoms. The smallest absolute Gasteiger partial charge is 0.167 e. The summed E-state index contributed by atoms with van der Waals surface area (Å²) in [5, 5.41) is 48.7. The molecule has 0 amide bonds. The molecule has 6 rings (SSSR count). The van der Waals surface area contributed by atoms with Crippen molar-refractivity contribution in [2.24, 2.45) is 0 Å². The van der Waals surface area contributed by atoms with Gasteiger partial charge >= 0.3 is 0 Å². The van der Waals surface area contributed by atoms with Gasteiger partial charge in [-0.1, -0.05) is 6.92 Å². The summed E-state index contributed by atoms with van der Waals surface area (Å²) in [5.74, 6) is 0.485. The molecule has 4 aromatic heterocycles. The summed E-state index contributed by atoms with van der Waals surface area (Å²) in [7, 11) is 0. The molecule has 0 radical (unpaired) electrons. The number of hydrogen-bond acceptors (Lipinski definition) is 15. The van der Waals surface area contributed by atoms with Crippen LogP contribution in [-0.2, 0) is 9.47 Å². The minimum atomic E-state index is -1.19. The number of aromatic nitrogens is 8. The molecule has 0 bridgehead atoms. The average Bonchev–Trinajstić information content (AvgIpc) is 3.67. The predicted molar refractivity (Wildman–Crippen MR) is 129 cm³/mol. The number of nitrogens with zero attached hydrogens (tertiary/aromatic N) is 8. The van der Waals surface area contributed by atoms with Crippen LogP contribution in [0.3, 0.4) is 0 Å². The molecule has 0 aromatic carbocycles. The van der Waals surface area contributed by atoms with E-state index in [-0.39, 0.29) is 11.6 Å². The van der Waals surface area contributed by atoms with E-state index >= 15 is 0 Å². The highest BCUT2D eigenvalue weighted by Gasteiger charge is 2.44. The maximum atomic E-state index is 10.1. The number of anilines is 2. The van der Waals surface area contributed by atoms with Gasteiger partial charge in [0.2, 0.25) is 0 Å². The fraction of sp³-hybridized carbons (Fsp3) is 0.524. The molecule has 4 aromatic rings. The fourth-order valence-electron chi connectivity index (χ4n) is 4.52. The molecule has 17 heteroatoms. The van der Waals surface area contributed by atoms with Crippen molar-refractivity contribution in [2.75, 3.05) is 18.1 Å². The molecule has 2 saturated heterocycles. The van der Waals surface area contributed by atoms with E-state index in [9.17, 15) is 20.4 Å². The molecule has 2 aliphatic rings. The zero-order valence-corrected chi connectivity index (χ0v) is 20.1. The number of nitrogen functional groups attached to an aromatic ring is 2. The second-order valence-corrected chi connectivity index (χ2v) is 8.85. The molecule has 8 atom stereocenters. The molecule has 38 heavy (non-hydrogen) atoms. The topological polar surface area (TPSA) is 259 Å². The van der Waals surface area contributed by atoms with Crippen molar-refractivity contribution >= 4 is 34.0 Å². The van der Waals surface area contributed by atoms with Gasteiger partial charge in [0.05, 0.1) is 25.4 Å². The van der Waals surface area contributed by atoms with E-state index in [1.54, 1.807) is 4.57 Å². The SMILES string of the molecule is CC[C@H]1O[C@@H](n2cnc3c(N)ncnc32)[C@H](O)[C@@H]1O.Nc1ncnc2c1ncn2[C@@H]1O[C@H](CO)[C@@H](O)[C@H]1O. The Morgan fingerprint density at radius 1 is 0.711 bits per heavy atom. The molecule has 6 heterocycles. The summed E-state index contributed by atoms with van der Waals surface area (Å²) in [6.07, 6.45) is -1.09. The Kier molecular flexibility index (Phi) is 7.05. The number of hydrogen-bond donors (Lipinski definition) is 7. The first-order valence-electron chi connectivity index (χ1n) is 11.8. The zero-order chi connectivity index (χ0) is 27.1. The third-order valence-electron chi connectivity index (χ3n) is 6.58. The first-order valence-corrected chi connectivity index (χ1v) is 11.8. The first kappa shape index (κ1) is 26.0. The lowest BCUT2D eigenvalue weighted by atomic mass is 10.1. The Balaban J connectivity index is 0.000000155. The summed E-state index contributed by atoms with van der Waals surface area (Å²) < 4.78 is 14.1. The lowest BCUT2D eigenvalue weighted by Crippen LogP contribution is -2.33. The summed E-state index contributed by atoms with van der Waals surface area (Å²) in [5.41, 5.74) is 13.1. The largest absolute Gasteiger partial charge is 0.394 e. The second kappa shape index (κ2) is 10.3. The van der Waals surface area contributed by atoms with Crippen LogP contribution in [0.1, 0.15) is 25.8 Å². The zero-order valence-electron chi connectivity index (χ0n) is 20.1. The molecular formula is C21H28N10O7. The van der Waals surface area contributed by atoms with E-state index in [1.807, 2.05) is 6.92 Å². The summed E-state index contributed by atoms with van der Waals surface area (Å²) in [6, 6.07) is 0. The van der Waals surface area contributed by atoms with Crippen LogP contribution >= 0.6 is 0 Å². The highest BCUT2D eigenvalue weighted by Crippen LogP contribution is 2.33. The van der Waals surface area contributed by atoms with Gasteiger partial charge in [0.1, 0.15) is 54.2 Å². The Hall–Kier alpha value is -3.58. The van der Waals surface area contributed by atoms with Crippen molar-refractivity contribution in [1.29, 1.82) is 0 Å². The van der Waals surface area contributed by atoms with E-state index in [0.29, 0.717) is 28.7 Å². The molecule has 9 N–H and O–H groups in total. The lowest BCUT2D eigenvalue weighted by Gasteiger charge is -2.16. The van der Waals surface area contributed by atoms with Gasteiger partial charge in [0.15, 0.2) is 35.4 Å². The van der Waals surface area contributed by atoms with Crippen LogP contribution in [0.2, 0.25) is 0 Å². The van der Waals surface area contributed by atoms with E-state index in [4.69, 9.17) is 26.0 Å². The van der Waals surface area contributed by atoms with Crippen molar-refractivity contribution in [3.63, 3.8) is 0 Å². The summed E-state index contributed by atoms with van der Waals surface area (Å²) in [6.45, 7) is 1.49. The van der Waals surface area contributed by atoms with Crippen molar-refractivity contribution in [1.82, 2.24) is 39.0 Å². The van der Waals surface area contributed by atoms with Gasteiger partial charge in [0, 0.05) is 0 Å². The Bertz CT molecular complexity index is 1310. The first-order chi connectivity index (χ1) is 18.3. The Morgan fingerprint density at radius 2 is 1.16 bits per heavy atom. The number of aliphatic hydroxyl groups excluding tert-OH is 5. The van der Waals surface area contributed by atoms with E-state index in [2.05, 4.69) is 29.9 Å². The number of fused-ring (bicyclic) bond motifs is 2. The van der Waals surface area contributed by atoms with Gasteiger partial charge in [-0.15, -0.1) is 0 Å². The fourth-order valence-corrected chi connectivity index (χ4v) is 4.52. The van der Waals surface area contributed by atoms with Gasteiger partial charge in [-0.05, 0) is 6.42 Å². The minimum Gasteiger partial charge on any atom is -0.394 e. The van der Waals surface area contributed by atoms with Crippen molar-refractivity contribution < 1.29 is 35.0 Å². The normalized spacial score (nSPS) is 31.1. The minimum absolute atomic E-state index is 0.218. The maximum absolute atomic E-state index is 10.1. The second-order valence-electron chi connectivity index (χ2n) is 8.85. The van der Waals surface area contributed by atoms with Gasteiger partial charge in [-0.3, -0.25) is 9.13 Å². The summed E-state index contributed by atoms with van der Waals surface area (Å²) in [4.78, 5) is 23.9. The van der Waals surface area contributed by atoms with Gasteiger partial charge in [0.25, 0.3) is 0 Å². The number of ether oxygens (including phenoxy) is 2. The highest BCUT2D eigenvalue weighted by atomic mass is 16.6. The van der Waals surface area contributed by atoms with E-state index in [1.165, 1.54) is 29.9 Å². The van der Waals surface area contributed by atoms with Crippen LogP contribution in [-0.4, -0.2) is 108 Å². The van der Waals surface area contributed by atoms with Gasteiger partial charge in [-0.25, -0.2) is 29.9 Å². The van der Waals surface area contributed by atoms with Crippen molar-refractivity contribution in [3.8, 4) is 0 Å².